The first kappa shape index (κ1) is 20.8. The summed E-state index contributed by atoms with van der Waals surface area (Å²) in [6.07, 6.45) is 5.86. The number of hydrogen-bond donors (Lipinski definition) is 0. The Bertz CT molecular complexity index is 1170. The van der Waals surface area contributed by atoms with Crippen LogP contribution in [0.1, 0.15) is 30.7 Å². The summed E-state index contributed by atoms with van der Waals surface area (Å²) in [6, 6.07) is 7.26. The molecule has 3 aliphatic rings. The molecule has 7 nitrogen and oxygen atoms in total. The van der Waals surface area contributed by atoms with Gasteiger partial charge in [0.15, 0.2) is 5.82 Å². The lowest BCUT2D eigenvalue weighted by atomic mass is 9.82. The van der Waals surface area contributed by atoms with E-state index in [1.165, 1.54) is 19.2 Å². The van der Waals surface area contributed by atoms with Crippen molar-refractivity contribution >= 4 is 29.1 Å². The lowest BCUT2D eigenvalue weighted by Gasteiger charge is -2.38. The van der Waals surface area contributed by atoms with Crippen molar-refractivity contribution in [3.63, 3.8) is 0 Å². The SMILES string of the molecule is Cc1ccc(N2CCCn3nc(CC4[C@@H]5CC[C@H]4CN(c4cc(Cl)ncn4)C5)nc32)cc1F. The number of halogens is 2. The molecule has 33 heavy (non-hydrogen) atoms. The number of aryl methyl sites for hydroxylation is 2. The van der Waals surface area contributed by atoms with Crippen molar-refractivity contribution in [3.8, 4) is 0 Å². The van der Waals surface area contributed by atoms with Crippen molar-refractivity contribution in [2.24, 2.45) is 17.8 Å². The summed E-state index contributed by atoms with van der Waals surface area (Å²) in [6.45, 7) is 5.43. The number of rotatable bonds is 4. The van der Waals surface area contributed by atoms with Gasteiger partial charge in [-0.15, -0.1) is 0 Å². The molecule has 1 aliphatic carbocycles. The molecule has 1 saturated carbocycles. The van der Waals surface area contributed by atoms with Crippen LogP contribution in [-0.2, 0) is 13.0 Å². The lowest BCUT2D eigenvalue weighted by Crippen LogP contribution is -2.43. The molecule has 9 heteroatoms. The zero-order valence-electron chi connectivity index (χ0n) is 18.7. The molecule has 6 rings (SSSR count). The molecule has 1 unspecified atom stereocenters. The smallest absolute Gasteiger partial charge is 0.228 e. The van der Waals surface area contributed by atoms with Gasteiger partial charge in [0, 0.05) is 44.4 Å². The first-order valence-corrected chi connectivity index (χ1v) is 12.1. The molecular weight excluding hydrogens is 441 g/mol. The molecule has 4 heterocycles. The Kier molecular flexibility index (Phi) is 5.20. The minimum atomic E-state index is -0.183. The molecule has 0 radical (unpaired) electrons. The van der Waals surface area contributed by atoms with Crippen molar-refractivity contribution in [2.75, 3.05) is 29.4 Å². The summed E-state index contributed by atoms with van der Waals surface area (Å²) in [4.78, 5) is 17.8. The minimum absolute atomic E-state index is 0.183. The third kappa shape index (κ3) is 3.84. The van der Waals surface area contributed by atoms with Gasteiger partial charge in [-0.1, -0.05) is 17.7 Å². The molecule has 2 aliphatic heterocycles. The van der Waals surface area contributed by atoms with E-state index < -0.39 is 0 Å². The van der Waals surface area contributed by atoms with E-state index in [4.69, 9.17) is 21.7 Å². The number of anilines is 3. The van der Waals surface area contributed by atoms with Gasteiger partial charge < -0.3 is 9.80 Å². The highest BCUT2D eigenvalue weighted by atomic mass is 35.5. The average molecular weight is 468 g/mol. The van der Waals surface area contributed by atoms with Crippen LogP contribution < -0.4 is 9.80 Å². The molecule has 2 fully saturated rings. The van der Waals surface area contributed by atoms with Crippen molar-refractivity contribution < 1.29 is 4.39 Å². The van der Waals surface area contributed by atoms with Gasteiger partial charge in [0.25, 0.3) is 0 Å². The summed E-state index contributed by atoms with van der Waals surface area (Å²) < 4.78 is 16.2. The van der Waals surface area contributed by atoms with Crippen LogP contribution in [0.25, 0.3) is 0 Å². The highest BCUT2D eigenvalue weighted by molar-refractivity contribution is 6.29. The molecule has 1 saturated heterocycles. The van der Waals surface area contributed by atoms with Crippen molar-refractivity contribution in [1.82, 2.24) is 24.7 Å². The first-order chi connectivity index (χ1) is 16.0. The van der Waals surface area contributed by atoms with Gasteiger partial charge in [0.2, 0.25) is 5.95 Å². The van der Waals surface area contributed by atoms with Crippen molar-refractivity contribution in [1.29, 1.82) is 0 Å². The van der Waals surface area contributed by atoms with E-state index in [-0.39, 0.29) is 5.82 Å². The van der Waals surface area contributed by atoms with Crippen LogP contribution in [0.5, 0.6) is 0 Å². The Morgan fingerprint density at radius 1 is 1.09 bits per heavy atom. The van der Waals surface area contributed by atoms with E-state index in [2.05, 4.69) is 19.8 Å². The topological polar surface area (TPSA) is 63.0 Å². The van der Waals surface area contributed by atoms with E-state index in [1.807, 2.05) is 22.9 Å². The van der Waals surface area contributed by atoms with Gasteiger partial charge in [-0.2, -0.15) is 10.1 Å². The highest BCUT2D eigenvalue weighted by Gasteiger charge is 2.43. The predicted molar refractivity (Wildman–Crippen MR) is 125 cm³/mol. The normalized spacial score (nSPS) is 24.3. The van der Waals surface area contributed by atoms with Gasteiger partial charge >= 0.3 is 0 Å². The second-order valence-electron chi connectivity index (χ2n) is 9.56. The number of hydrogen-bond acceptors (Lipinski definition) is 6. The largest absolute Gasteiger partial charge is 0.356 e. The van der Waals surface area contributed by atoms with Crippen molar-refractivity contribution in [3.05, 3.63) is 53.0 Å². The van der Waals surface area contributed by atoms with E-state index in [1.54, 1.807) is 13.0 Å². The summed E-state index contributed by atoms with van der Waals surface area (Å²) in [5, 5.41) is 5.35. The monoisotopic (exact) mass is 467 g/mol. The molecule has 2 bridgehead atoms. The van der Waals surface area contributed by atoms with Crippen molar-refractivity contribution in [2.45, 2.75) is 39.2 Å². The highest BCUT2D eigenvalue weighted by Crippen LogP contribution is 2.44. The summed E-state index contributed by atoms with van der Waals surface area (Å²) >= 11 is 6.09. The predicted octanol–water partition coefficient (Wildman–Crippen LogP) is 4.42. The third-order valence-electron chi connectivity index (χ3n) is 7.55. The van der Waals surface area contributed by atoms with Crippen LogP contribution in [0.15, 0.2) is 30.6 Å². The standard InChI is InChI=1S/C24H27ClFN7/c1-15-3-6-18(9-20(15)26)32-7-2-8-33-24(32)29-22(30-33)10-19-16-4-5-17(19)13-31(12-16)23-11-21(25)27-14-28-23/h3,6,9,11,14,16-17,19H,2,4-5,7-8,10,12-13H2,1H3/t16-,17+,19?. The first-order valence-electron chi connectivity index (χ1n) is 11.7. The van der Waals surface area contributed by atoms with E-state index in [9.17, 15) is 4.39 Å². The molecule has 2 aromatic heterocycles. The third-order valence-corrected chi connectivity index (χ3v) is 7.75. The van der Waals surface area contributed by atoms with Gasteiger partial charge in [0.05, 0.1) is 0 Å². The molecular formula is C24H27ClFN7. The summed E-state index contributed by atoms with van der Waals surface area (Å²) in [5.41, 5.74) is 1.50. The molecule has 1 aromatic carbocycles. The van der Waals surface area contributed by atoms with Crippen LogP contribution in [0.2, 0.25) is 5.15 Å². The average Bonchev–Trinajstić information content (AvgIpc) is 3.31. The molecule has 0 N–H and O–H groups in total. The van der Waals surface area contributed by atoms with Gasteiger partial charge in [-0.3, -0.25) is 0 Å². The molecule has 3 aromatic rings. The van der Waals surface area contributed by atoms with Crippen LogP contribution in [0, 0.1) is 30.5 Å². The maximum absolute atomic E-state index is 14.2. The zero-order valence-corrected chi connectivity index (χ0v) is 19.4. The maximum Gasteiger partial charge on any atom is 0.228 e. The molecule has 0 spiro atoms. The number of fused-ring (bicyclic) bond motifs is 3. The molecule has 3 atom stereocenters. The van der Waals surface area contributed by atoms with Gasteiger partial charge in [-0.25, -0.2) is 19.0 Å². The second kappa shape index (κ2) is 8.24. The molecule has 172 valence electrons. The number of piperidine rings is 1. The summed E-state index contributed by atoms with van der Waals surface area (Å²) in [7, 11) is 0. The van der Waals surface area contributed by atoms with Gasteiger partial charge in [-0.05, 0) is 61.6 Å². The Morgan fingerprint density at radius 3 is 2.67 bits per heavy atom. The number of aromatic nitrogens is 5. The fraction of sp³-hybridized carbons (Fsp3) is 0.500. The van der Waals surface area contributed by atoms with Crippen LogP contribution in [-0.4, -0.2) is 44.4 Å². The minimum Gasteiger partial charge on any atom is -0.356 e. The van der Waals surface area contributed by atoms with Gasteiger partial charge in [0.1, 0.15) is 23.1 Å². The Hall–Kier alpha value is -2.74. The van der Waals surface area contributed by atoms with Crippen LogP contribution in [0.4, 0.5) is 21.8 Å². The Morgan fingerprint density at radius 2 is 1.91 bits per heavy atom. The van der Waals surface area contributed by atoms with E-state index in [0.717, 1.165) is 62.3 Å². The Balaban J connectivity index is 1.21. The van der Waals surface area contributed by atoms with E-state index in [0.29, 0.717) is 28.5 Å². The maximum atomic E-state index is 14.2. The summed E-state index contributed by atoms with van der Waals surface area (Å²) in [5.74, 6) is 4.25. The fourth-order valence-electron chi connectivity index (χ4n) is 5.85. The second-order valence-corrected chi connectivity index (χ2v) is 9.95. The number of nitrogens with zero attached hydrogens (tertiary/aromatic N) is 7. The lowest BCUT2D eigenvalue weighted by molar-refractivity contribution is 0.264. The van der Waals surface area contributed by atoms with Crippen LogP contribution >= 0.6 is 11.6 Å². The zero-order chi connectivity index (χ0) is 22.5. The number of benzene rings is 1. The Labute approximate surface area is 197 Å². The van der Waals surface area contributed by atoms with Crippen LogP contribution in [0.3, 0.4) is 0 Å². The fourth-order valence-corrected chi connectivity index (χ4v) is 5.99. The quantitative estimate of drug-likeness (QED) is 0.529. The molecule has 0 amide bonds. The van der Waals surface area contributed by atoms with E-state index >= 15 is 0 Å².